The number of hydrogen-bond donors (Lipinski definition) is 1. The van der Waals surface area contributed by atoms with E-state index in [1.807, 2.05) is 6.07 Å². The van der Waals surface area contributed by atoms with E-state index < -0.39 is 6.10 Å². The zero-order valence-electron chi connectivity index (χ0n) is 14.1. The van der Waals surface area contributed by atoms with Gasteiger partial charge in [-0.3, -0.25) is 4.79 Å². The van der Waals surface area contributed by atoms with Gasteiger partial charge in [0.2, 0.25) is 0 Å². The van der Waals surface area contributed by atoms with Crippen molar-refractivity contribution in [1.29, 1.82) is 0 Å². The molecule has 0 unspecified atom stereocenters. The first-order valence-corrected chi connectivity index (χ1v) is 8.30. The van der Waals surface area contributed by atoms with E-state index >= 15 is 0 Å². The normalized spacial score (nSPS) is 11.6. The van der Waals surface area contributed by atoms with Gasteiger partial charge in [-0.05, 0) is 36.8 Å². The quantitative estimate of drug-likeness (QED) is 0.781. The number of hydrogen-bond acceptors (Lipinski definition) is 4. The monoisotopic (exact) mass is 383 g/mol. The molecule has 0 aliphatic rings. The van der Waals surface area contributed by atoms with Crippen molar-refractivity contribution in [2.45, 2.75) is 19.6 Å². The number of carbonyl (C=O) groups excluding carboxylic acids is 1. The maximum absolute atomic E-state index is 12.2. The molecule has 1 atom stereocenters. The Balaban J connectivity index is 1.96. The summed E-state index contributed by atoms with van der Waals surface area (Å²) in [6.07, 6.45) is -0.726. The van der Waals surface area contributed by atoms with Crippen molar-refractivity contribution in [3.63, 3.8) is 0 Å². The third kappa shape index (κ3) is 5.18. The van der Waals surface area contributed by atoms with Crippen molar-refractivity contribution in [1.82, 2.24) is 5.32 Å². The lowest BCUT2D eigenvalue weighted by atomic mass is 10.2. The molecule has 0 radical (unpaired) electrons. The highest BCUT2D eigenvalue weighted by atomic mass is 35.5. The highest BCUT2D eigenvalue weighted by Gasteiger charge is 2.16. The van der Waals surface area contributed by atoms with Crippen molar-refractivity contribution in [2.75, 3.05) is 14.2 Å². The minimum absolute atomic E-state index is 0.272. The molecule has 2 aromatic rings. The SMILES string of the molecule is COc1ccc(CNC(=O)[C@H](C)Oc2cc(Cl)ccc2Cl)cc1OC. The Kier molecular flexibility index (Phi) is 6.79. The summed E-state index contributed by atoms with van der Waals surface area (Å²) < 4.78 is 16.0. The molecule has 1 N–H and O–H groups in total. The third-order valence-electron chi connectivity index (χ3n) is 3.48. The minimum atomic E-state index is -0.726. The van der Waals surface area contributed by atoms with Gasteiger partial charge >= 0.3 is 0 Å². The van der Waals surface area contributed by atoms with E-state index in [2.05, 4.69) is 5.32 Å². The van der Waals surface area contributed by atoms with Crippen LogP contribution < -0.4 is 19.5 Å². The topological polar surface area (TPSA) is 56.8 Å². The molecule has 1 amide bonds. The first-order valence-electron chi connectivity index (χ1n) is 7.55. The van der Waals surface area contributed by atoms with Gasteiger partial charge in [0.15, 0.2) is 17.6 Å². The van der Waals surface area contributed by atoms with Gasteiger partial charge in [-0.15, -0.1) is 0 Å². The molecule has 0 aromatic heterocycles. The van der Waals surface area contributed by atoms with Gasteiger partial charge in [-0.25, -0.2) is 0 Å². The molecule has 0 bridgehead atoms. The molecular weight excluding hydrogens is 365 g/mol. The first-order chi connectivity index (χ1) is 11.9. The fourth-order valence-electron chi connectivity index (χ4n) is 2.13. The van der Waals surface area contributed by atoms with Gasteiger partial charge in [0.1, 0.15) is 5.75 Å². The van der Waals surface area contributed by atoms with Crippen LogP contribution in [0, 0.1) is 0 Å². The molecule has 25 heavy (non-hydrogen) atoms. The number of halogens is 2. The molecule has 134 valence electrons. The molecule has 2 rings (SSSR count). The van der Waals surface area contributed by atoms with Gasteiger partial charge in [0.25, 0.3) is 5.91 Å². The Labute approximate surface area is 156 Å². The highest BCUT2D eigenvalue weighted by Crippen LogP contribution is 2.29. The van der Waals surface area contributed by atoms with Crippen molar-refractivity contribution >= 4 is 29.1 Å². The maximum atomic E-state index is 12.2. The molecule has 7 heteroatoms. The smallest absolute Gasteiger partial charge is 0.261 e. The number of benzene rings is 2. The summed E-state index contributed by atoms with van der Waals surface area (Å²) in [6.45, 7) is 1.97. The summed E-state index contributed by atoms with van der Waals surface area (Å²) in [5, 5.41) is 3.68. The molecular formula is C18H19Cl2NO4. The zero-order chi connectivity index (χ0) is 18.4. The van der Waals surface area contributed by atoms with Gasteiger partial charge in [0.05, 0.1) is 19.2 Å². The number of amides is 1. The molecule has 0 saturated carbocycles. The molecule has 0 spiro atoms. The van der Waals surface area contributed by atoms with Gasteiger partial charge < -0.3 is 19.5 Å². The van der Waals surface area contributed by atoms with E-state index in [4.69, 9.17) is 37.4 Å². The van der Waals surface area contributed by atoms with Crippen LogP contribution in [0.1, 0.15) is 12.5 Å². The Hall–Kier alpha value is -2.11. The Morgan fingerprint density at radius 1 is 1.04 bits per heavy atom. The van der Waals surface area contributed by atoms with Crippen molar-refractivity contribution in [2.24, 2.45) is 0 Å². The summed E-state index contributed by atoms with van der Waals surface area (Å²) >= 11 is 12.0. The summed E-state index contributed by atoms with van der Waals surface area (Å²) in [4.78, 5) is 12.2. The Morgan fingerprint density at radius 3 is 2.44 bits per heavy atom. The van der Waals surface area contributed by atoms with Crippen LogP contribution in [0.25, 0.3) is 0 Å². The number of methoxy groups -OCH3 is 2. The number of ether oxygens (including phenoxy) is 3. The molecule has 5 nitrogen and oxygen atoms in total. The number of nitrogens with one attached hydrogen (secondary N) is 1. The molecule has 0 saturated heterocycles. The van der Waals surface area contributed by atoms with Gasteiger partial charge in [0, 0.05) is 17.6 Å². The largest absolute Gasteiger partial charge is 0.493 e. The standard InChI is InChI=1S/C18H19Cl2NO4/c1-11(25-16-9-13(19)5-6-14(16)20)18(22)21-10-12-4-7-15(23-2)17(8-12)24-3/h4-9,11H,10H2,1-3H3,(H,21,22)/t11-/m0/s1. The van der Waals surface area contributed by atoms with Crippen molar-refractivity contribution in [3.8, 4) is 17.2 Å². The van der Waals surface area contributed by atoms with Crippen LogP contribution in [-0.4, -0.2) is 26.2 Å². The lowest BCUT2D eigenvalue weighted by Crippen LogP contribution is -2.35. The summed E-state index contributed by atoms with van der Waals surface area (Å²) in [6, 6.07) is 10.3. The summed E-state index contributed by atoms with van der Waals surface area (Å²) in [5.74, 6) is 1.32. The van der Waals surface area contributed by atoms with Crippen molar-refractivity contribution in [3.05, 3.63) is 52.0 Å². The second-order valence-corrected chi connectivity index (χ2v) is 6.09. The van der Waals surface area contributed by atoms with E-state index in [0.717, 1.165) is 5.56 Å². The van der Waals surface area contributed by atoms with Crippen molar-refractivity contribution < 1.29 is 19.0 Å². The van der Waals surface area contributed by atoms with Gasteiger partial charge in [-0.1, -0.05) is 29.3 Å². The fraction of sp³-hybridized carbons (Fsp3) is 0.278. The van der Waals surface area contributed by atoms with Crippen LogP contribution in [0.4, 0.5) is 0 Å². The zero-order valence-corrected chi connectivity index (χ0v) is 15.6. The van der Waals surface area contributed by atoms with E-state index in [1.165, 1.54) is 0 Å². The fourth-order valence-corrected chi connectivity index (χ4v) is 2.46. The second-order valence-electron chi connectivity index (χ2n) is 5.24. The lowest BCUT2D eigenvalue weighted by Gasteiger charge is -2.16. The first kappa shape index (κ1) is 19.2. The van der Waals surface area contributed by atoms with E-state index in [0.29, 0.717) is 33.8 Å². The van der Waals surface area contributed by atoms with Crippen LogP contribution in [0.3, 0.4) is 0 Å². The summed E-state index contributed by atoms with van der Waals surface area (Å²) in [7, 11) is 3.13. The summed E-state index contributed by atoms with van der Waals surface area (Å²) in [5.41, 5.74) is 0.874. The van der Waals surface area contributed by atoms with E-state index in [-0.39, 0.29) is 5.91 Å². The van der Waals surface area contributed by atoms with Crippen LogP contribution in [0.5, 0.6) is 17.2 Å². The van der Waals surface area contributed by atoms with Crippen LogP contribution >= 0.6 is 23.2 Å². The third-order valence-corrected chi connectivity index (χ3v) is 4.03. The predicted molar refractivity (Wildman–Crippen MR) is 97.9 cm³/mol. The predicted octanol–water partition coefficient (Wildman–Crippen LogP) is 4.09. The van der Waals surface area contributed by atoms with Crippen LogP contribution in [0.2, 0.25) is 10.0 Å². The van der Waals surface area contributed by atoms with Crippen LogP contribution in [-0.2, 0) is 11.3 Å². The number of rotatable bonds is 7. The average molecular weight is 384 g/mol. The maximum Gasteiger partial charge on any atom is 0.261 e. The molecule has 0 heterocycles. The lowest BCUT2D eigenvalue weighted by molar-refractivity contribution is -0.127. The average Bonchev–Trinajstić information content (AvgIpc) is 2.62. The molecule has 2 aromatic carbocycles. The van der Waals surface area contributed by atoms with Gasteiger partial charge in [-0.2, -0.15) is 0 Å². The molecule has 0 aliphatic heterocycles. The van der Waals surface area contributed by atoms with Crippen LogP contribution in [0.15, 0.2) is 36.4 Å². The minimum Gasteiger partial charge on any atom is -0.493 e. The Morgan fingerprint density at radius 2 is 1.76 bits per heavy atom. The highest BCUT2D eigenvalue weighted by molar-refractivity contribution is 6.34. The van der Waals surface area contributed by atoms with E-state index in [9.17, 15) is 4.79 Å². The Bertz CT molecular complexity index is 752. The molecule has 0 fully saturated rings. The second kappa shape index (κ2) is 8.83. The molecule has 0 aliphatic carbocycles. The number of carbonyl (C=O) groups is 1. The van der Waals surface area contributed by atoms with E-state index in [1.54, 1.807) is 51.5 Å².